The molecule has 2 fully saturated rings. The second-order valence-corrected chi connectivity index (χ2v) is 7.54. The van der Waals surface area contributed by atoms with E-state index in [4.69, 9.17) is 10.5 Å². The zero-order valence-electron chi connectivity index (χ0n) is 14.6. The Kier molecular flexibility index (Phi) is 4.57. The van der Waals surface area contributed by atoms with E-state index < -0.39 is 12.0 Å². The highest BCUT2D eigenvalue weighted by atomic mass is 32.1. The number of nitrogens with two attached hydrogens (primary N) is 1. The molecule has 8 heteroatoms. The van der Waals surface area contributed by atoms with Gasteiger partial charge >= 0.3 is 6.09 Å². The monoisotopic (exact) mass is 385 g/mol. The predicted molar refractivity (Wildman–Crippen MR) is 102 cm³/mol. The molecular weight excluding hydrogens is 366 g/mol. The Morgan fingerprint density at radius 1 is 1.15 bits per heavy atom. The highest BCUT2D eigenvalue weighted by Gasteiger charge is 2.33. The highest BCUT2D eigenvalue weighted by Crippen LogP contribution is 2.28. The van der Waals surface area contributed by atoms with Gasteiger partial charge in [0.1, 0.15) is 6.10 Å². The molecule has 0 radical (unpaired) electrons. The van der Waals surface area contributed by atoms with Gasteiger partial charge < -0.3 is 15.4 Å². The van der Waals surface area contributed by atoms with Crippen LogP contribution in [0.4, 0.5) is 16.2 Å². The molecule has 7 nitrogen and oxygen atoms in total. The molecule has 2 saturated heterocycles. The van der Waals surface area contributed by atoms with Crippen LogP contribution in [0.25, 0.3) is 0 Å². The van der Waals surface area contributed by atoms with Crippen LogP contribution in [0.15, 0.2) is 35.7 Å². The van der Waals surface area contributed by atoms with E-state index >= 15 is 0 Å². The fourth-order valence-corrected chi connectivity index (χ4v) is 4.32. The van der Waals surface area contributed by atoms with Gasteiger partial charge in [-0.15, -0.1) is 11.3 Å². The van der Waals surface area contributed by atoms with Crippen LogP contribution in [-0.4, -0.2) is 37.1 Å². The second kappa shape index (κ2) is 7.03. The van der Waals surface area contributed by atoms with Crippen molar-refractivity contribution in [2.45, 2.75) is 25.4 Å². The molecule has 0 bridgehead atoms. The number of nitrogens with zero attached hydrogens (tertiary/aromatic N) is 2. The van der Waals surface area contributed by atoms with E-state index in [2.05, 4.69) is 0 Å². The number of hydrogen-bond acceptors (Lipinski definition) is 5. The summed E-state index contributed by atoms with van der Waals surface area (Å²) < 4.78 is 5.46. The van der Waals surface area contributed by atoms with Crippen molar-refractivity contribution in [3.05, 3.63) is 46.2 Å². The number of rotatable bonds is 5. The zero-order valence-corrected chi connectivity index (χ0v) is 15.4. The number of amides is 3. The van der Waals surface area contributed by atoms with E-state index in [1.165, 1.54) is 11.3 Å². The molecule has 1 aromatic heterocycles. The maximum Gasteiger partial charge on any atom is 0.414 e. The van der Waals surface area contributed by atoms with Crippen molar-refractivity contribution in [2.75, 3.05) is 22.9 Å². The van der Waals surface area contributed by atoms with E-state index in [-0.39, 0.29) is 12.0 Å². The van der Waals surface area contributed by atoms with Crippen LogP contribution in [0.5, 0.6) is 0 Å². The van der Waals surface area contributed by atoms with Gasteiger partial charge in [-0.2, -0.15) is 0 Å². The van der Waals surface area contributed by atoms with Crippen molar-refractivity contribution in [3.63, 3.8) is 0 Å². The second-order valence-electron chi connectivity index (χ2n) is 6.63. The average molecular weight is 385 g/mol. The summed E-state index contributed by atoms with van der Waals surface area (Å²) >= 11 is 1.29. The minimum Gasteiger partial charge on any atom is -0.444 e. The van der Waals surface area contributed by atoms with Crippen LogP contribution in [0, 0.1) is 0 Å². The van der Waals surface area contributed by atoms with Crippen LogP contribution in [0.1, 0.15) is 28.1 Å². The molecule has 27 heavy (non-hydrogen) atoms. The van der Waals surface area contributed by atoms with E-state index in [0.29, 0.717) is 24.3 Å². The standard InChI is InChI=1S/C19H19N3O4S/c20-18(24)17-12(7-9-27-17)10-15-11-22(19(25)26-15)14-5-3-13(4-6-14)21-8-1-2-16(21)23/h3-7,9,15H,1-2,8,10-11H2,(H2,20,24)/t15-/m0/s1. The fraction of sp³-hybridized carbons (Fsp3) is 0.316. The van der Waals surface area contributed by atoms with E-state index in [0.717, 1.165) is 29.9 Å². The van der Waals surface area contributed by atoms with E-state index in [1.807, 2.05) is 35.7 Å². The first-order chi connectivity index (χ1) is 13.0. The summed E-state index contributed by atoms with van der Waals surface area (Å²) in [4.78, 5) is 39.4. The van der Waals surface area contributed by atoms with Crippen LogP contribution in [0.3, 0.4) is 0 Å². The van der Waals surface area contributed by atoms with Crippen LogP contribution in [-0.2, 0) is 16.0 Å². The lowest BCUT2D eigenvalue weighted by atomic mass is 10.1. The average Bonchev–Trinajstić information content (AvgIpc) is 3.36. The van der Waals surface area contributed by atoms with E-state index in [1.54, 1.807) is 9.80 Å². The Labute approximate surface area is 160 Å². The lowest BCUT2D eigenvalue weighted by Crippen LogP contribution is -2.26. The highest BCUT2D eigenvalue weighted by molar-refractivity contribution is 7.12. The van der Waals surface area contributed by atoms with Gasteiger partial charge in [-0.1, -0.05) is 0 Å². The first-order valence-corrected chi connectivity index (χ1v) is 9.65. The molecule has 4 rings (SSSR count). The van der Waals surface area contributed by atoms with Gasteiger partial charge in [-0.25, -0.2) is 4.79 Å². The SMILES string of the molecule is NC(=O)c1sccc1C[C@H]1CN(c2ccc(N3CCCC3=O)cc2)C(=O)O1. The van der Waals surface area contributed by atoms with Gasteiger partial charge in [0, 0.05) is 30.8 Å². The van der Waals surface area contributed by atoms with Crippen LogP contribution >= 0.6 is 11.3 Å². The molecule has 0 saturated carbocycles. The summed E-state index contributed by atoms with van der Waals surface area (Å²) in [5, 5.41) is 1.81. The third-order valence-corrected chi connectivity index (χ3v) is 5.81. The number of thiophene rings is 1. The zero-order chi connectivity index (χ0) is 19.0. The molecule has 140 valence electrons. The fourth-order valence-electron chi connectivity index (χ4n) is 3.53. The Morgan fingerprint density at radius 2 is 1.85 bits per heavy atom. The number of primary amides is 1. The maximum absolute atomic E-state index is 12.3. The number of anilines is 2. The van der Waals surface area contributed by atoms with Gasteiger partial charge in [-0.3, -0.25) is 14.5 Å². The Balaban J connectivity index is 1.45. The molecule has 3 amide bonds. The summed E-state index contributed by atoms with van der Waals surface area (Å²) in [7, 11) is 0. The summed E-state index contributed by atoms with van der Waals surface area (Å²) in [6, 6.07) is 9.18. The Morgan fingerprint density at radius 3 is 2.48 bits per heavy atom. The molecule has 0 unspecified atom stereocenters. The van der Waals surface area contributed by atoms with Crippen molar-refractivity contribution in [1.29, 1.82) is 0 Å². The number of benzene rings is 1. The van der Waals surface area contributed by atoms with Crippen molar-refractivity contribution in [3.8, 4) is 0 Å². The normalized spacial score (nSPS) is 19.6. The molecule has 2 aromatic rings. The molecule has 3 heterocycles. The Hall–Kier alpha value is -2.87. The molecule has 2 aliphatic heterocycles. The van der Waals surface area contributed by atoms with Crippen molar-refractivity contribution < 1.29 is 19.1 Å². The van der Waals surface area contributed by atoms with E-state index in [9.17, 15) is 14.4 Å². The molecule has 0 spiro atoms. The molecule has 2 aliphatic rings. The summed E-state index contributed by atoms with van der Waals surface area (Å²) in [6.07, 6.45) is 1.14. The minimum absolute atomic E-state index is 0.129. The number of carbonyl (C=O) groups excluding carboxylic acids is 3. The topological polar surface area (TPSA) is 92.9 Å². The van der Waals surface area contributed by atoms with Crippen LogP contribution in [0.2, 0.25) is 0 Å². The van der Waals surface area contributed by atoms with Gasteiger partial charge in [0.05, 0.1) is 11.4 Å². The lowest BCUT2D eigenvalue weighted by Gasteiger charge is -2.18. The predicted octanol–water partition coefficient (Wildman–Crippen LogP) is 2.54. The first-order valence-electron chi connectivity index (χ1n) is 8.77. The van der Waals surface area contributed by atoms with Gasteiger partial charge in [0.15, 0.2) is 0 Å². The quantitative estimate of drug-likeness (QED) is 0.856. The number of hydrogen-bond donors (Lipinski definition) is 1. The van der Waals surface area contributed by atoms with Crippen molar-refractivity contribution >= 4 is 40.6 Å². The molecule has 1 atom stereocenters. The molecule has 1 aromatic carbocycles. The lowest BCUT2D eigenvalue weighted by molar-refractivity contribution is -0.117. The first kappa shape index (κ1) is 17.5. The Bertz CT molecular complexity index is 893. The number of cyclic esters (lactones) is 1. The van der Waals surface area contributed by atoms with Crippen molar-refractivity contribution in [1.82, 2.24) is 0 Å². The molecule has 2 N–H and O–H groups in total. The smallest absolute Gasteiger partial charge is 0.414 e. The third-order valence-electron chi connectivity index (χ3n) is 4.84. The molecular formula is C19H19N3O4S. The number of ether oxygens (including phenoxy) is 1. The summed E-state index contributed by atoms with van der Waals surface area (Å²) in [5.74, 6) is -0.336. The largest absolute Gasteiger partial charge is 0.444 e. The van der Waals surface area contributed by atoms with Gasteiger partial charge in [0.2, 0.25) is 5.91 Å². The summed E-state index contributed by atoms with van der Waals surface area (Å²) in [6.45, 7) is 1.13. The minimum atomic E-state index is -0.465. The van der Waals surface area contributed by atoms with Crippen LogP contribution < -0.4 is 15.5 Å². The van der Waals surface area contributed by atoms with Gasteiger partial charge in [-0.05, 0) is 47.7 Å². The van der Waals surface area contributed by atoms with Crippen molar-refractivity contribution in [2.24, 2.45) is 5.73 Å². The summed E-state index contributed by atoms with van der Waals surface area (Å²) in [5.41, 5.74) is 7.74. The molecule has 0 aliphatic carbocycles. The van der Waals surface area contributed by atoms with Gasteiger partial charge in [0.25, 0.3) is 5.91 Å². The maximum atomic E-state index is 12.3. The third kappa shape index (κ3) is 3.40. The number of carbonyl (C=O) groups is 3.